The van der Waals surface area contributed by atoms with Crippen LogP contribution < -0.4 is 4.90 Å². The smallest absolute Gasteiger partial charge is 0.245 e. The number of carbonyl (C=O) groups is 1. The highest BCUT2D eigenvalue weighted by atomic mass is 19.1. The molecular weight excluding hydrogens is 407 g/mol. The first-order valence-electron chi connectivity index (χ1n) is 11.4. The Hall–Kier alpha value is -3.22. The molecule has 0 radical (unpaired) electrons. The second-order valence-electron chi connectivity index (χ2n) is 8.51. The maximum absolute atomic E-state index is 15.2. The number of anilines is 1. The largest absolute Gasteiger partial charge is 0.357 e. The van der Waals surface area contributed by atoms with Crippen LogP contribution in [-0.4, -0.2) is 40.1 Å². The van der Waals surface area contributed by atoms with Crippen LogP contribution >= 0.6 is 0 Å². The zero-order chi connectivity index (χ0) is 22.1. The molecule has 5 rings (SSSR count). The van der Waals surface area contributed by atoms with Gasteiger partial charge in [0.05, 0.1) is 5.69 Å². The van der Waals surface area contributed by atoms with Gasteiger partial charge in [0.1, 0.15) is 11.9 Å². The second kappa shape index (κ2) is 8.73. The predicted octanol–water partition coefficient (Wildman–Crippen LogP) is 4.38. The van der Waals surface area contributed by atoms with Gasteiger partial charge in [-0.25, -0.2) is 4.39 Å². The number of nitrogens with zero attached hydrogens (tertiary/aromatic N) is 4. The van der Waals surface area contributed by atoms with E-state index in [1.807, 2.05) is 28.9 Å². The summed E-state index contributed by atoms with van der Waals surface area (Å²) in [5, 5.41) is 3.94. The van der Waals surface area contributed by atoms with Crippen molar-refractivity contribution in [3.63, 3.8) is 0 Å². The van der Waals surface area contributed by atoms with Crippen molar-refractivity contribution >= 4 is 11.6 Å². The molecule has 6 nitrogen and oxygen atoms in total. The molecule has 7 heteroatoms. The number of benzene rings is 2. The van der Waals surface area contributed by atoms with Gasteiger partial charge in [0, 0.05) is 31.6 Å². The van der Waals surface area contributed by atoms with Crippen LogP contribution in [0.15, 0.2) is 47.0 Å². The van der Waals surface area contributed by atoms with Gasteiger partial charge in [0.2, 0.25) is 17.6 Å². The number of aromatic nitrogens is 2. The number of hydrogen-bond acceptors (Lipinski definition) is 5. The second-order valence-corrected chi connectivity index (χ2v) is 8.51. The lowest BCUT2D eigenvalue weighted by Gasteiger charge is -2.40. The standard InChI is InChI=1S/C25H27FN4O2/c1-2-23-27-24(28-32-23)18-10-11-21(20(26)15-18)30-13-6-5-9-22(30)25(31)29-14-12-17-7-3-4-8-19(17)16-29/h3-4,7-8,10-11,15,22H,2,5-6,9,12-14,16H2,1H3. The average molecular weight is 435 g/mol. The number of rotatable bonds is 4. The predicted molar refractivity (Wildman–Crippen MR) is 120 cm³/mol. The van der Waals surface area contributed by atoms with E-state index in [2.05, 4.69) is 22.3 Å². The summed E-state index contributed by atoms with van der Waals surface area (Å²) in [7, 11) is 0. The Balaban J connectivity index is 1.38. The van der Waals surface area contributed by atoms with Gasteiger partial charge in [-0.15, -0.1) is 0 Å². The van der Waals surface area contributed by atoms with Crippen LogP contribution in [0.2, 0.25) is 0 Å². The average Bonchev–Trinajstić information content (AvgIpc) is 3.33. The van der Waals surface area contributed by atoms with Crippen molar-refractivity contribution in [3.8, 4) is 11.4 Å². The third-order valence-electron chi connectivity index (χ3n) is 6.52. The van der Waals surface area contributed by atoms with Crippen LogP contribution in [-0.2, 0) is 24.2 Å². The van der Waals surface area contributed by atoms with Crippen molar-refractivity contribution in [1.29, 1.82) is 0 Å². The number of amides is 1. The number of halogens is 1. The lowest BCUT2D eigenvalue weighted by molar-refractivity contribution is -0.134. The van der Waals surface area contributed by atoms with Gasteiger partial charge in [-0.05, 0) is 55.0 Å². The van der Waals surface area contributed by atoms with Crippen molar-refractivity contribution in [2.24, 2.45) is 0 Å². The number of aryl methyl sites for hydroxylation is 1. The Bertz CT molecular complexity index is 1130. The maximum Gasteiger partial charge on any atom is 0.245 e. The molecule has 2 aromatic carbocycles. The minimum Gasteiger partial charge on any atom is -0.357 e. The molecule has 1 unspecified atom stereocenters. The van der Waals surface area contributed by atoms with E-state index in [4.69, 9.17) is 4.52 Å². The summed E-state index contributed by atoms with van der Waals surface area (Å²) in [6.07, 6.45) is 4.15. The highest BCUT2D eigenvalue weighted by Gasteiger charge is 2.34. The van der Waals surface area contributed by atoms with Crippen molar-refractivity contribution in [2.45, 2.75) is 51.6 Å². The van der Waals surface area contributed by atoms with E-state index in [-0.39, 0.29) is 17.8 Å². The van der Waals surface area contributed by atoms with Gasteiger partial charge in [0.15, 0.2) is 0 Å². The van der Waals surface area contributed by atoms with Crippen LogP contribution in [0, 0.1) is 5.82 Å². The molecule has 0 saturated carbocycles. The van der Waals surface area contributed by atoms with Crippen molar-refractivity contribution < 1.29 is 13.7 Å². The van der Waals surface area contributed by atoms with E-state index in [1.165, 1.54) is 17.2 Å². The van der Waals surface area contributed by atoms with Crippen LogP contribution in [0.25, 0.3) is 11.4 Å². The molecule has 1 fully saturated rings. The monoisotopic (exact) mass is 434 g/mol. The zero-order valence-corrected chi connectivity index (χ0v) is 18.3. The molecule has 3 aromatic rings. The van der Waals surface area contributed by atoms with Crippen LogP contribution in [0.5, 0.6) is 0 Å². The molecule has 0 spiro atoms. The first kappa shape index (κ1) is 20.7. The fourth-order valence-electron chi connectivity index (χ4n) is 4.77. The first-order chi connectivity index (χ1) is 15.6. The van der Waals surface area contributed by atoms with Gasteiger partial charge in [-0.1, -0.05) is 36.3 Å². The molecule has 32 heavy (non-hydrogen) atoms. The SMILES string of the molecule is CCc1nc(-c2ccc(N3CCCCC3C(=O)N3CCc4ccccc4C3)c(F)c2)no1. The Morgan fingerprint density at radius 2 is 2.00 bits per heavy atom. The summed E-state index contributed by atoms with van der Waals surface area (Å²) in [5.74, 6) is 0.627. The fraction of sp³-hybridized carbons (Fsp3) is 0.400. The maximum atomic E-state index is 15.2. The van der Waals surface area contributed by atoms with Crippen LogP contribution in [0.3, 0.4) is 0 Å². The molecule has 1 atom stereocenters. The Morgan fingerprint density at radius 3 is 2.78 bits per heavy atom. The quantitative estimate of drug-likeness (QED) is 0.610. The first-order valence-corrected chi connectivity index (χ1v) is 11.4. The minimum absolute atomic E-state index is 0.0911. The van der Waals surface area contributed by atoms with Crippen molar-refractivity contribution in [1.82, 2.24) is 15.0 Å². The van der Waals surface area contributed by atoms with E-state index >= 15 is 4.39 Å². The Kier molecular flexibility index (Phi) is 5.64. The number of carbonyl (C=O) groups excluding carboxylic acids is 1. The molecule has 3 heterocycles. The molecule has 0 N–H and O–H groups in total. The summed E-state index contributed by atoms with van der Waals surface area (Å²) < 4.78 is 20.4. The number of piperidine rings is 1. The topological polar surface area (TPSA) is 62.5 Å². The molecule has 2 aliphatic rings. The highest BCUT2D eigenvalue weighted by Crippen LogP contribution is 2.31. The van der Waals surface area contributed by atoms with E-state index in [9.17, 15) is 4.79 Å². The molecule has 166 valence electrons. The highest BCUT2D eigenvalue weighted by molar-refractivity contribution is 5.86. The summed E-state index contributed by atoms with van der Waals surface area (Å²) in [5.41, 5.74) is 3.55. The molecule has 1 saturated heterocycles. The number of fused-ring (bicyclic) bond motifs is 1. The lowest BCUT2D eigenvalue weighted by Crippen LogP contribution is -2.52. The molecule has 2 aliphatic heterocycles. The van der Waals surface area contributed by atoms with Gasteiger partial charge >= 0.3 is 0 Å². The summed E-state index contributed by atoms with van der Waals surface area (Å²) in [6, 6.07) is 12.9. The Labute approximate surface area is 187 Å². The molecule has 0 bridgehead atoms. The third kappa shape index (κ3) is 3.87. The van der Waals surface area contributed by atoms with Gasteiger partial charge < -0.3 is 14.3 Å². The molecule has 0 aliphatic carbocycles. The van der Waals surface area contributed by atoms with E-state index < -0.39 is 0 Å². The van der Waals surface area contributed by atoms with Crippen molar-refractivity contribution in [2.75, 3.05) is 18.0 Å². The summed E-state index contributed by atoms with van der Waals surface area (Å²) >= 11 is 0. The molecule has 1 aromatic heterocycles. The summed E-state index contributed by atoms with van der Waals surface area (Å²) in [4.78, 5) is 21.7. The normalized spacial score (nSPS) is 18.5. The summed E-state index contributed by atoms with van der Waals surface area (Å²) in [6.45, 7) is 3.92. The van der Waals surface area contributed by atoms with E-state index in [0.717, 1.165) is 25.7 Å². The minimum atomic E-state index is -0.367. The molecular formula is C25H27FN4O2. The van der Waals surface area contributed by atoms with Gasteiger partial charge in [0.25, 0.3) is 0 Å². The zero-order valence-electron chi connectivity index (χ0n) is 18.3. The van der Waals surface area contributed by atoms with Crippen LogP contribution in [0.4, 0.5) is 10.1 Å². The van der Waals surface area contributed by atoms with E-state index in [0.29, 0.717) is 49.0 Å². The van der Waals surface area contributed by atoms with Crippen LogP contribution in [0.1, 0.15) is 43.2 Å². The van der Waals surface area contributed by atoms with Gasteiger partial charge in [-0.3, -0.25) is 4.79 Å². The third-order valence-corrected chi connectivity index (χ3v) is 6.52. The lowest BCUT2D eigenvalue weighted by atomic mass is 9.96. The van der Waals surface area contributed by atoms with Gasteiger partial charge in [-0.2, -0.15) is 4.98 Å². The molecule has 1 amide bonds. The Morgan fingerprint density at radius 1 is 1.16 bits per heavy atom. The van der Waals surface area contributed by atoms with Crippen molar-refractivity contribution in [3.05, 3.63) is 65.3 Å². The number of hydrogen-bond donors (Lipinski definition) is 0. The fourth-order valence-corrected chi connectivity index (χ4v) is 4.77. The van der Waals surface area contributed by atoms with E-state index in [1.54, 1.807) is 12.1 Å².